The molecular formula is C8H13BrO2. The van der Waals surface area contributed by atoms with Gasteiger partial charge in [0.15, 0.2) is 0 Å². The van der Waals surface area contributed by atoms with Crippen molar-refractivity contribution in [2.45, 2.75) is 37.4 Å². The van der Waals surface area contributed by atoms with Crippen molar-refractivity contribution in [3.05, 3.63) is 0 Å². The number of aliphatic carboxylic acids is 1. The Balaban J connectivity index is 2.55. The molecule has 0 unspecified atom stereocenters. The molecule has 0 heterocycles. The van der Waals surface area contributed by atoms with E-state index >= 15 is 0 Å². The van der Waals surface area contributed by atoms with E-state index in [0.29, 0.717) is 4.83 Å². The summed E-state index contributed by atoms with van der Waals surface area (Å²) < 4.78 is 0. The van der Waals surface area contributed by atoms with E-state index in [1.54, 1.807) is 0 Å². The van der Waals surface area contributed by atoms with Gasteiger partial charge in [-0.05, 0) is 32.6 Å². The van der Waals surface area contributed by atoms with Crippen LogP contribution in [0.5, 0.6) is 0 Å². The third-order valence-electron chi connectivity index (χ3n) is 2.54. The highest BCUT2D eigenvalue weighted by Gasteiger charge is 2.36. The monoisotopic (exact) mass is 220 g/mol. The molecule has 1 fully saturated rings. The first-order valence-electron chi connectivity index (χ1n) is 3.92. The second-order valence-corrected chi connectivity index (χ2v) is 4.84. The molecule has 3 heteroatoms. The maximum Gasteiger partial charge on any atom is 0.309 e. The van der Waals surface area contributed by atoms with Gasteiger partial charge in [-0.25, -0.2) is 0 Å². The molecule has 1 aliphatic rings. The van der Waals surface area contributed by atoms with Gasteiger partial charge >= 0.3 is 5.97 Å². The summed E-state index contributed by atoms with van der Waals surface area (Å²) in [6, 6.07) is 0. The molecule has 2 nitrogen and oxygen atoms in total. The van der Waals surface area contributed by atoms with E-state index in [9.17, 15) is 4.79 Å². The van der Waals surface area contributed by atoms with Gasteiger partial charge in [0.05, 0.1) is 5.41 Å². The number of rotatable bonds is 1. The Hall–Kier alpha value is -0.0500. The molecule has 0 aromatic rings. The van der Waals surface area contributed by atoms with Crippen molar-refractivity contribution in [2.75, 3.05) is 0 Å². The minimum Gasteiger partial charge on any atom is -0.481 e. The van der Waals surface area contributed by atoms with E-state index < -0.39 is 11.4 Å². The molecule has 0 aromatic heterocycles. The van der Waals surface area contributed by atoms with Crippen LogP contribution < -0.4 is 0 Å². The summed E-state index contributed by atoms with van der Waals surface area (Å²) in [7, 11) is 0. The molecule has 0 radical (unpaired) electrons. The van der Waals surface area contributed by atoms with Crippen LogP contribution in [-0.4, -0.2) is 15.9 Å². The number of carboxylic acid groups (broad SMARTS) is 1. The summed E-state index contributed by atoms with van der Waals surface area (Å²) >= 11 is 3.50. The molecule has 1 saturated carbocycles. The first-order valence-corrected chi connectivity index (χ1v) is 4.84. The second kappa shape index (κ2) is 3.13. The van der Waals surface area contributed by atoms with Crippen LogP contribution in [0, 0.1) is 5.41 Å². The number of hydrogen-bond acceptors (Lipinski definition) is 1. The lowest BCUT2D eigenvalue weighted by Gasteiger charge is -2.31. The predicted octanol–water partition coefficient (Wildman–Crippen LogP) is 2.41. The fourth-order valence-corrected chi connectivity index (χ4v) is 1.89. The van der Waals surface area contributed by atoms with Crippen molar-refractivity contribution < 1.29 is 9.90 Å². The highest BCUT2D eigenvalue weighted by Crippen LogP contribution is 2.38. The molecule has 1 aliphatic carbocycles. The van der Waals surface area contributed by atoms with E-state index in [4.69, 9.17) is 5.11 Å². The third kappa shape index (κ3) is 1.95. The molecule has 0 aliphatic heterocycles. The Morgan fingerprint density at radius 2 is 2.00 bits per heavy atom. The quantitative estimate of drug-likeness (QED) is 0.690. The minimum atomic E-state index is -0.642. The Morgan fingerprint density at radius 3 is 2.36 bits per heavy atom. The van der Waals surface area contributed by atoms with Gasteiger partial charge in [0.2, 0.25) is 0 Å². The fourth-order valence-electron chi connectivity index (χ4n) is 1.43. The normalized spacial score (nSPS) is 38.5. The average molecular weight is 221 g/mol. The molecule has 0 amide bonds. The zero-order valence-corrected chi connectivity index (χ0v) is 8.23. The Morgan fingerprint density at radius 1 is 1.55 bits per heavy atom. The van der Waals surface area contributed by atoms with Gasteiger partial charge in [-0.3, -0.25) is 4.79 Å². The molecule has 0 atom stereocenters. The lowest BCUT2D eigenvalue weighted by molar-refractivity contribution is -0.149. The summed E-state index contributed by atoms with van der Waals surface area (Å²) in [6.45, 7) is 1.84. The van der Waals surface area contributed by atoms with Gasteiger partial charge in [-0.15, -0.1) is 0 Å². The molecular weight excluding hydrogens is 208 g/mol. The summed E-state index contributed by atoms with van der Waals surface area (Å²) in [5.74, 6) is -0.642. The summed E-state index contributed by atoms with van der Waals surface area (Å²) in [4.78, 5) is 11.3. The largest absolute Gasteiger partial charge is 0.481 e. The third-order valence-corrected chi connectivity index (χ3v) is 3.45. The van der Waals surface area contributed by atoms with Crippen molar-refractivity contribution >= 4 is 21.9 Å². The Labute approximate surface area is 75.1 Å². The maximum absolute atomic E-state index is 10.8. The fraction of sp³-hybridized carbons (Fsp3) is 0.875. The lowest BCUT2D eigenvalue weighted by Crippen LogP contribution is -2.32. The standard InChI is InChI=1S/C8H13BrO2/c1-8(7(10)11)4-2-6(9)3-5-8/h6H,2-5H2,1H3,(H,10,11). The van der Waals surface area contributed by atoms with Crippen LogP contribution in [0.25, 0.3) is 0 Å². The zero-order chi connectivity index (χ0) is 8.48. The minimum absolute atomic E-state index is 0.454. The van der Waals surface area contributed by atoms with E-state index in [1.807, 2.05) is 6.92 Å². The summed E-state index contributed by atoms with van der Waals surface area (Å²) in [5, 5.41) is 8.87. The van der Waals surface area contributed by atoms with Crippen molar-refractivity contribution in [1.29, 1.82) is 0 Å². The summed E-state index contributed by atoms with van der Waals surface area (Å²) in [6.07, 6.45) is 3.59. The van der Waals surface area contributed by atoms with Crippen LogP contribution in [0.1, 0.15) is 32.6 Å². The SMILES string of the molecule is CC1(C(=O)O)CCC(Br)CC1. The number of halogens is 1. The molecule has 64 valence electrons. The van der Waals surface area contributed by atoms with Gasteiger partial charge in [-0.2, -0.15) is 0 Å². The van der Waals surface area contributed by atoms with E-state index in [-0.39, 0.29) is 0 Å². The number of alkyl halides is 1. The van der Waals surface area contributed by atoms with Crippen LogP contribution in [-0.2, 0) is 4.79 Å². The highest BCUT2D eigenvalue weighted by atomic mass is 79.9. The van der Waals surface area contributed by atoms with Crippen LogP contribution in [0.15, 0.2) is 0 Å². The molecule has 0 bridgehead atoms. The van der Waals surface area contributed by atoms with E-state index in [0.717, 1.165) is 25.7 Å². The van der Waals surface area contributed by atoms with Crippen LogP contribution >= 0.6 is 15.9 Å². The maximum atomic E-state index is 10.8. The van der Waals surface area contributed by atoms with Crippen LogP contribution in [0.4, 0.5) is 0 Å². The Bertz CT molecular complexity index is 159. The number of carboxylic acids is 1. The molecule has 1 rings (SSSR count). The van der Waals surface area contributed by atoms with Crippen LogP contribution in [0.2, 0.25) is 0 Å². The van der Waals surface area contributed by atoms with Crippen molar-refractivity contribution in [3.63, 3.8) is 0 Å². The summed E-state index contributed by atoms with van der Waals surface area (Å²) in [5.41, 5.74) is -0.454. The first kappa shape index (κ1) is 9.04. The second-order valence-electron chi connectivity index (χ2n) is 3.54. The van der Waals surface area contributed by atoms with Gasteiger partial charge < -0.3 is 5.11 Å². The van der Waals surface area contributed by atoms with Crippen molar-refractivity contribution in [3.8, 4) is 0 Å². The highest BCUT2D eigenvalue weighted by molar-refractivity contribution is 9.09. The topological polar surface area (TPSA) is 37.3 Å². The number of carbonyl (C=O) groups is 1. The first-order chi connectivity index (χ1) is 5.04. The van der Waals surface area contributed by atoms with E-state index in [2.05, 4.69) is 15.9 Å². The van der Waals surface area contributed by atoms with Crippen LogP contribution in [0.3, 0.4) is 0 Å². The van der Waals surface area contributed by atoms with Crippen molar-refractivity contribution in [2.24, 2.45) is 5.41 Å². The average Bonchev–Trinajstić information content (AvgIpc) is 1.95. The molecule has 1 N–H and O–H groups in total. The molecule has 0 saturated heterocycles. The predicted molar refractivity (Wildman–Crippen MR) is 46.9 cm³/mol. The van der Waals surface area contributed by atoms with Crippen molar-refractivity contribution in [1.82, 2.24) is 0 Å². The van der Waals surface area contributed by atoms with Gasteiger partial charge in [0.25, 0.3) is 0 Å². The molecule has 0 spiro atoms. The number of hydrogen-bond donors (Lipinski definition) is 1. The van der Waals surface area contributed by atoms with Gasteiger partial charge in [-0.1, -0.05) is 15.9 Å². The van der Waals surface area contributed by atoms with E-state index in [1.165, 1.54) is 0 Å². The molecule has 0 aromatic carbocycles. The molecule has 11 heavy (non-hydrogen) atoms. The van der Waals surface area contributed by atoms with Gasteiger partial charge in [0.1, 0.15) is 0 Å². The van der Waals surface area contributed by atoms with Gasteiger partial charge in [0, 0.05) is 4.83 Å². The Kier molecular flexibility index (Phi) is 2.58. The zero-order valence-electron chi connectivity index (χ0n) is 6.64. The smallest absolute Gasteiger partial charge is 0.309 e. The lowest BCUT2D eigenvalue weighted by atomic mass is 9.76.